The molecule has 9 heteroatoms. The second kappa shape index (κ2) is 9.20. The van der Waals surface area contributed by atoms with Gasteiger partial charge in [0.2, 0.25) is 5.91 Å². The lowest BCUT2D eigenvalue weighted by Crippen LogP contribution is -2.64. The molecule has 2 aromatic carbocycles. The van der Waals surface area contributed by atoms with E-state index in [-0.39, 0.29) is 12.5 Å². The third kappa shape index (κ3) is 4.13. The van der Waals surface area contributed by atoms with Crippen LogP contribution >= 0.6 is 11.6 Å². The molecule has 1 aliphatic rings. The highest BCUT2D eigenvalue weighted by Crippen LogP contribution is 2.40. The van der Waals surface area contributed by atoms with Crippen molar-refractivity contribution in [2.75, 3.05) is 12.0 Å². The average Bonchev–Trinajstić information content (AvgIpc) is 3.53. The van der Waals surface area contributed by atoms with Gasteiger partial charge in [0.25, 0.3) is 5.91 Å². The van der Waals surface area contributed by atoms with E-state index in [1.54, 1.807) is 54.3 Å². The van der Waals surface area contributed by atoms with Crippen LogP contribution in [0, 0.1) is 6.92 Å². The molecular formula is C27H25ClN4O4. The van der Waals surface area contributed by atoms with E-state index in [2.05, 4.69) is 10.4 Å². The van der Waals surface area contributed by atoms with Crippen molar-refractivity contribution in [1.29, 1.82) is 0 Å². The number of hydrogen-bond acceptors (Lipinski definition) is 5. The Kier molecular flexibility index (Phi) is 6.05. The number of fused-ring (bicyclic) bond motifs is 1. The molecule has 5 rings (SSSR count). The van der Waals surface area contributed by atoms with Gasteiger partial charge in [0.05, 0.1) is 25.6 Å². The van der Waals surface area contributed by atoms with Crippen molar-refractivity contribution in [2.24, 2.45) is 0 Å². The number of amides is 2. The van der Waals surface area contributed by atoms with Gasteiger partial charge in [0.1, 0.15) is 22.7 Å². The number of ether oxygens (including phenoxy) is 1. The van der Waals surface area contributed by atoms with Crippen molar-refractivity contribution >= 4 is 29.1 Å². The van der Waals surface area contributed by atoms with Crippen molar-refractivity contribution in [1.82, 2.24) is 15.1 Å². The number of aryl methyl sites for hydroxylation is 1. The molecule has 4 aromatic rings. The fraction of sp³-hybridized carbons (Fsp3) is 0.222. The maximum Gasteiger partial charge on any atom is 0.277 e. The highest BCUT2D eigenvalue weighted by molar-refractivity contribution is 6.31. The minimum Gasteiger partial charge on any atom is -0.495 e. The standard InChI is InChI=1S/C27H25ClN4O4/c1-17-6-4-7-18(12-17)15-29-26(34)27(2)16-31-22(14-20(30-31)23-8-5-11-36-23)25(33)32(27)21-13-19(28)9-10-24(21)35-3/h4-14H,15-16H2,1-3H3,(H,29,34). The second-order valence-electron chi connectivity index (χ2n) is 8.95. The molecule has 3 heterocycles. The number of methoxy groups -OCH3 is 1. The van der Waals surface area contributed by atoms with E-state index >= 15 is 0 Å². The number of aromatic nitrogens is 2. The van der Waals surface area contributed by atoms with Crippen LogP contribution in [0.25, 0.3) is 11.5 Å². The molecule has 8 nitrogen and oxygen atoms in total. The fourth-order valence-corrected chi connectivity index (χ4v) is 4.70. The Hall–Kier alpha value is -4.04. The van der Waals surface area contributed by atoms with Crippen molar-refractivity contribution in [2.45, 2.75) is 32.5 Å². The van der Waals surface area contributed by atoms with Gasteiger partial charge in [-0.1, -0.05) is 41.4 Å². The van der Waals surface area contributed by atoms with Crippen LogP contribution < -0.4 is 15.0 Å². The molecule has 1 unspecified atom stereocenters. The Morgan fingerprint density at radius 2 is 2.03 bits per heavy atom. The van der Waals surface area contributed by atoms with E-state index in [0.29, 0.717) is 40.2 Å². The molecular weight excluding hydrogens is 480 g/mol. The van der Waals surface area contributed by atoms with Gasteiger partial charge in [-0.3, -0.25) is 19.2 Å². The van der Waals surface area contributed by atoms with E-state index < -0.39 is 11.4 Å². The summed E-state index contributed by atoms with van der Waals surface area (Å²) >= 11 is 6.32. The number of furan rings is 1. The van der Waals surface area contributed by atoms with Crippen LogP contribution in [0.3, 0.4) is 0 Å². The van der Waals surface area contributed by atoms with Crippen molar-refractivity contribution in [3.05, 3.63) is 88.8 Å². The molecule has 1 atom stereocenters. The van der Waals surface area contributed by atoms with Gasteiger partial charge in [-0.05, 0) is 49.7 Å². The fourth-order valence-electron chi connectivity index (χ4n) is 4.54. The minimum absolute atomic E-state index is 0.115. The van der Waals surface area contributed by atoms with Crippen LogP contribution in [-0.4, -0.2) is 34.2 Å². The lowest BCUT2D eigenvalue weighted by atomic mass is 9.93. The number of nitrogens with one attached hydrogen (secondary N) is 1. The topological polar surface area (TPSA) is 89.6 Å². The summed E-state index contributed by atoms with van der Waals surface area (Å²) in [7, 11) is 1.51. The van der Waals surface area contributed by atoms with Gasteiger partial charge in [-0.15, -0.1) is 0 Å². The normalized spacial score (nSPS) is 17.1. The Morgan fingerprint density at radius 3 is 2.75 bits per heavy atom. The summed E-state index contributed by atoms with van der Waals surface area (Å²) in [5.41, 5.74) is 1.95. The quantitative estimate of drug-likeness (QED) is 0.405. The zero-order valence-corrected chi connectivity index (χ0v) is 20.9. The molecule has 0 bridgehead atoms. The predicted octanol–water partition coefficient (Wildman–Crippen LogP) is 4.85. The Bertz CT molecular complexity index is 1450. The molecule has 2 amide bonds. The number of rotatable bonds is 6. The monoisotopic (exact) mass is 504 g/mol. The van der Waals surface area contributed by atoms with Gasteiger partial charge in [-0.25, -0.2) is 0 Å². The Labute approximate surface area is 213 Å². The number of carbonyl (C=O) groups is 2. The summed E-state index contributed by atoms with van der Waals surface area (Å²) in [6.07, 6.45) is 1.54. The third-order valence-electron chi connectivity index (χ3n) is 6.33. The first-order valence-corrected chi connectivity index (χ1v) is 11.8. The summed E-state index contributed by atoms with van der Waals surface area (Å²) in [4.78, 5) is 29.2. The smallest absolute Gasteiger partial charge is 0.277 e. The van der Waals surface area contributed by atoms with Crippen LogP contribution in [0.2, 0.25) is 5.02 Å². The summed E-state index contributed by atoms with van der Waals surface area (Å²) < 4.78 is 12.6. The first kappa shape index (κ1) is 23.7. The molecule has 1 aliphatic heterocycles. The van der Waals surface area contributed by atoms with E-state index in [9.17, 15) is 9.59 Å². The molecule has 0 radical (unpaired) electrons. The van der Waals surface area contributed by atoms with E-state index in [4.69, 9.17) is 20.8 Å². The number of halogens is 1. The zero-order valence-electron chi connectivity index (χ0n) is 20.1. The largest absolute Gasteiger partial charge is 0.495 e. The van der Waals surface area contributed by atoms with Gasteiger partial charge in [0.15, 0.2) is 5.76 Å². The molecule has 0 saturated carbocycles. The average molecular weight is 505 g/mol. The van der Waals surface area contributed by atoms with Gasteiger partial charge >= 0.3 is 0 Å². The summed E-state index contributed by atoms with van der Waals surface area (Å²) in [6.45, 7) is 4.14. The number of benzene rings is 2. The van der Waals surface area contributed by atoms with Crippen molar-refractivity contribution in [3.8, 4) is 17.2 Å². The first-order chi connectivity index (χ1) is 17.3. The van der Waals surface area contributed by atoms with Crippen LogP contribution in [0.4, 0.5) is 5.69 Å². The Balaban J connectivity index is 1.58. The molecule has 0 spiro atoms. The lowest BCUT2D eigenvalue weighted by Gasteiger charge is -2.43. The van der Waals surface area contributed by atoms with Gasteiger partial charge in [-0.2, -0.15) is 5.10 Å². The lowest BCUT2D eigenvalue weighted by molar-refractivity contribution is -0.126. The van der Waals surface area contributed by atoms with Gasteiger partial charge in [0, 0.05) is 17.6 Å². The summed E-state index contributed by atoms with van der Waals surface area (Å²) in [5, 5.41) is 8.00. The van der Waals surface area contributed by atoms with Crippen LogP contribution in [-0.2, 0) is 17.9 Å². The molecule has 1 N–H and O–H groups in total. The van der Waals surface area contributed by atoms with Crippen LogP contribution in [0.1, 0.15) is 28.5 Å². The summed E-state index contributed by atoms with van der Waals surface area (Å²) in [5.74, 6) is 0.215. The number of nitrogens with zero attached hydrogens (tertiary/aromatic N) is 3. The highest BCUT2D eigenvalue weighted by Gasteiger charge is 2.49. The molecule has 2 aromatic heterocycles. The van der Waals surface area contributed by atoms with Crippen molar-refractivity contribution < 1.29 is 18.7 Å². The maximum absolute atomic E-state index is 14.0. The van der Waals surface area contributed by atoms with Crippen LogP contribution in [0.15, 0.2) is 71.3 Å². The molecule has 0 aliphatic carbocycles. The van der Waals surface area contributed by atoms with E-state index in [0.717, 1.165) is 11.1 Å². The zero-order chi connectivity index (χ0) is 25.4. The van der Waals surface area contributed by atoms with E-state index in [1.807, 2.05) is 31.2 Å². The second-order valence-corrected chi connectivity index (χ2v) is 9.39. The predicted molar refractivity (Wildman–Crippen MR) is 136 cm³/mol. The SMILES string of the molecule is COc1ccc(Cl)cc1N1C(=O)c2cc(-c3ccco3)nn2CC1(C)C(=O)NCc1cccc(C)c1. The number of hydrogen-bond donors (Lipinski definition) is 1. The third-order valence-corrected chi connectivity index (χ3v) is 6.57. The molecule has 184 valence electrons. The number of carbonyl (C=O) groups excluding carboxylic acids is 2. The van der Waals surface area contributed by atoms with Crippen LogP contribution in [0.5, 0.6) is 5.75 Å². The first-order valence-electron chi connectivity index (χ1n) is 11.4. The molecule has 0 saturated heterocycles. The summed E-state index contributed by atoms with van der Waals surface area (Å²) in [6, 6.07) is 18.1. The van der Waals surface area contributed by atoms with Crippen molar-refractivity contribution in [3.63, 3.8) is 0 Å². The number of anilines is 1. The molecule has 36 heavy (non-hydrogen) atoms. The Morgan fingerprint density at radius 1 is 1.19 bits per heavy atom. The van der Waals surface area contributed by atoms with E-state index in [1.165, 1.54) is 12.0 Å². The molecule has 0 fully saturated rings. The maximum atomic E-state index is 14.0. The van der Waals surface area contributed by atoms with Gasteiger partial charge < -0.3 is 14.5 Å². The highest BCUT2D eigenvalue weighted by atomic mass is 35.5. The minimum atomic E-state index is -1.33.